The summed E-state index contributed by atoms with van der Waals surface area (Å²) in [7, 11) is -3.29. The fourth-order valence-corrected chi connectivity index (χ4v) is 3.07. The van der Waals surface area contributed by atoms with Crippen molar-refractivity contribution < 1.29 is 13.2 Å². The summed E-state index contributed by atoms with van der Waals surface area (Å²) in [5.41, 5.74) is 6.30. The molecule has 0 radical (unpaired) electrons. The lowest BCUT2D eigenvalue weighted by molar-refractivity contribution is 0.342. The third kappa shape index (κ3) is 3.84. The third-order valence-electron chi connectivity index (χ3n) is 3.36. The summed E-state index contributed by atoms with van der Waals surface area (Å²) >= 11 is 0. The molecule has 0 spiro atoms. The Morgan fingerprint density at radius 2 is 2.05 bits per heavy atom. The summed E-state index contributed by atoms with van der Waals surface area (Å²) in [6, 6.07) is 7.09. The average Bonchev–Trinajstić information content (AvgIpc) is 2.87. The highest BCUT2D eigenvalue weighted by Gasteiger charge is 2.47. The molecule has 0 heterocycles. The van der Waals surface area contributed by atoms with Crippen LogP contribution in [0.3, 0.4) is 0 Å². The standard InChI is InChI=1S/C13H20N2O3S/c1-13(2)9-12(13)15-19(16,17)8-7-18-11-6-4-3-5-10(11)14/h3-6,12,15H,7-9,14H2,1-2H3. The van der Waals surface area contributed by atoms with Crippen LogP contribution in [-0.2, 0) is 10.0 Å². The van der Waals surface area contributed by atoms with Gasteiger partial charge in [0.05, 0.1) is 11.4 Å². The number of nitrogens with two attached hydrogens (primary N) is 1. The van der Waals surface area contributed by atoms with Gasteiger partial charge in [0.15, 0.2) is 0 Å². The number of para-hydroxylation sites is 2. The second-order valence-corrected chi connectivity index (χ2v) is 7.44. The number of rotatable bonds is 6. The van der Waals surface area contributed by atoms with Gasteiger partial charge in [0, 0.05) is 6.04 Å². The van der Waals surface area contributed by atoms with Gasteiger partial charge in [0.1, 0.15) is 12.4 Å². The van der Waals surface area contributed by atoms with E-state index in [0.29, 0.717) is 11.4 Å². The molecule has 0 bridgehead atoms. The van der Waals surface area contributed by atoms with Gasteiger partial charge in [0.25, 0.3) is 0 Å². The van der Waals surface area contributed by atoms with E-state index in [1.165, 1.54) is 0 Å². The normalized spacial score (nSPS) is 21.1. The molecule has 19 heavy (non-hydrogen) atoms. The van der Waals surface area contributed by atoms with E-state index in [1.54, 1.807) is 24.3 Å². The maximum Gasteiger partial charge on any atom is 0.215 e. The van der Waals surface area contributed by atoms with E-state index in [4.69, 9.17) is 10.5 Å². The Kier molecular flexibility index (Phi) is 3.73. The molecule has 1 saturated carbocycles. The Balaban J connectivity index is 1.81. The lowest BCUT2D eigenvalue weighted by Gasteiger charge is -2.10. The van der Waals surface area contributed by atoms with E-state index in [-0.39, 0.29) is 23.8 Å². The SMILES string of the molecule is CC1(C)CC1NS(=O)(=O)CCOc1ccccc1N. The molecular formula is C13H20N2O3S. The number of nitrogens with one attached hydrogen (secondary N) is 1. The van der Waals surface area contributed by atoms with Crippen LogP contribution >= 0.6 is 0 Å². The average molecular weight is 284 g/mol. The molecule has 1 aromatic carbocycles. The summed E-state index contributed by atoms with van der Waals surface area (Å²) in [5, 5.41) is 0. The monoisotopic (exact) mass is 284 g/mol. The molecule has 0 aromatic heterocycles. The molecule has 1 atom stereocenters. The second-order valence-electron chi connectivity index (χ2n) is 5.57. The van der Waals surface area contributed by atoms with E-state index < -0.39 is 10.0 Å². The highest BCUT2D eigenvalue weighted by atomic mass is 32.2. The van der Waals surface area contributed by atoms with Crippen molar-refractivity contribution in [2.24, 2.45) is 5.41 Å². The minimum Gasteiger partial charge on any atom is -0.490 e. The molecule has 3 N–H and O–H groups in total. The Morgan fingerprint density at radius 1 is 1.42 bits per heavy atom. The third-order valence-corrected chi connectivity index (χ3v) is 4.71. The predicted molar refractivity (Wildman–Crippen MR) is 75.5 cm³/mol. The van der Waals surface area contributed by atoms with Crippen LogP contribution < -0.4 is 15.2 Å². The molecule has 1 fully saturated rings. The van der Waals surface area contributed by atoms with Crippen molar-refractivity contribution in [1.29, 1.82) is 0 Å². The van der Waals surface area contributed by atoms with Crippen molar-refractivity contribution >= 4 is 15.7 Å². The Morgan fingerprint density at radius 3 is 2.63 bits per heavy atom. The van der Waals surface area contributed by atoms with Gasteiger partial charge in [-0.3, -0.25) is 0 Å². The van der Waals surface area contributed by atoms with E-state index in [9.17, 15) is 8.42 Å². The molecule has 1 unspecified atom stereocenters. The first kappa shape index (κ1) is 14.1. The number of nitrogen functional groups attached to an aromatic ring is 1. The zero-order valence-electron chi connectivity index (χ0n) is 11.2. The predicted octanol–water partition coefficient (Wildman–Crippen LogP) is 1.37. The summed E-state index contributed by atoms with van der Waals surface area (Å²) in [6.45, 7) is 4.18. The number of ether oxygens (including phenoxy) is 1. The minimum atomic E-state index is -3.29. The topological polar surface area (TPSA) is 81.4 Å². The van der Waals surface area contributed by atoms with Crippen LogP contribution in [0, 0.1) is 5.41 Å². The van der Waals surface area contributed by atoms with Crippen LogP contribution in [0.1, 0.15) is 20.3 Å². The molecule has 2 rings (SSSR count). The van der Waals surface area contributed by atoms with Gasteiger partial charge in [-0.15, -0.1) is 0 Å². The minimum absolute atomic E-state index is 0.0549. The van der Waals surface area contributed by atoms with Crippen LogP contribution in [0.4, 0.5) is 5.69 Å². The van der Waals surface area contributed by atoms with Crippen LogP contribution in [0.25, 0.3) is 0 Å². The zero-order valence-corrected chi connectivity index (χ0v) is 12.0. The first-order chi connectivity index (χ1) is 8.80. The fourth-order valence-electron chi connectivity index (χ4n) is 1.82. The molecule has 1 aliphatic rings. The second kappa shape index (κ2) is 5.02. The molecule has 1 aromatic rings. The molecule has 0 aliphatic heterocycles. The molecule has 6 heteroatoms. The van der Waals surface area contributed by atoms with Crippen LogP contribution in [0.2, 0.25) is 0 Å². The van der Waals surface area contributed by atoms with E-state index >= 15 is 0 Å². The lowest BCUT2D eigenvalue weighted by Crippen LogP contribution is -2.32. The summed E-state index contributed by atoms with van der Waals surface area (Å²) in [5.74, 6) is 0.456. The zero-order chi connectivity index (χ0) is 14.1. The first-order valence-electron chi connectivity index (χ1n) is 6.27. The molecule has 1 aliphatic carbocycles. The summed E-state index contributed by atoms with van der Waals surface area (Å²) < 4.78 is 31.7. The van der Waals surface area contributed by atoms with E-state index in [0.717, 1.165) is 6.42 Å². The number of sulfonamides is 1. The van der Waals surface area contributed by atoms with Gasteiger partial charge < -0.3 is 10.5 Å². The van der Waals surface area contributed by atoms with Gasteiger partial charge >= 0.3 is 0 Å². The summed E-state index contributed by atoms with van der Waals surface area (Å²) in [6.07, 6.45) is 0.888. The highest BCUT2D eigenvalue weighted by molar-refractivity contribution is 7.89. The highest BCUT2D eigenvalue weighted by Crippen LogP contribution is 2.44. The van der Waals surface area contributed by atoms with E-state index in [2.05, 4.69) is 4.72 Å². The van der Waals surface area contributed by atoms with Crippen molar-refractivity contribution in [3.05, 3.63) is 24.3 Å². The van der Waals surface area contributed by atoms with Gasteiger partial charge in [-0.05, 0) is 24.0 Å². The molecule has 106 valence electrons. The van der Waals surface area contributed by atoms with Gasteiger partial charge in [0.2, 0.25) is 10.0 Å². The van der Waals surface area contributed by atoms with Gasteiger partial charge in [-0.2, -0.15) is 0 Å². The Bertz CT molecular complexity index is 555. The number of hydrogen-bond donors (Lipinski definition) is 2. The lowest BCUT2D eigenvalue weighted by atomic mass is 10.2. The maximum absolute atomic E-state index is 11.8. The van der Waals surface area contributed by atoms with Crippen molar-refractivity contribution in [2.75, 3.05) is 18.1 Å². The van der Waals surface area contributed by atoms with E-state index in [1.807, 2.05) is 13.8 Å². The largest absolute Gasteiger partial charge is 0.490 e. The molecule has 0 saturated heterocycles. The van der Waals surface area contributed by atoms with Gasteiger partial charge in [-0.1, -0.05) is 26.0 Å². The Labute approximate surface area is 114 Å². The smallest absolute Gasteiger partial charge is 0.215 e. The van der Waals surface area contributed by atoms with Crippen LogP contribution in [0.15, 0.2) is 24.3 Å². The van der Waals surface area contributed by atoms with Crippen molar-refractivity contribution in [3.63, 3.8) is 0 Å². The molecule has 0 amide bonds. The molecular weight excluding hydrogens is 264 g/mol. The van der Waals surface area contributed by atoms with Crippen LogP contribution in [0.5, 0.6) is 5.75 Å². The van der Waals surface area contributed by atoms with Gasteiger partial charge in [-0.25, -0.2) is 13.1 Å². The van der Waals surface area contributed by atoms with Crippen molar-refractivity contribution in [2.45, 2.75) is 26.3 Å². The van der Waals surface area contributed by atoms with Crippen LogP contribution in [-0.4, -0.2) is 26.8 Å². The fraction of sp³-hybridized carbons (Fsp3) is 0.538. The Hall–Kier alpha value is -1.27. The quantitative estimate of drug-likeness (QED) is 0.773. The van der Waals surface area contributed by atoms with Crippen molar-refractivity contribution in [3.8, 4) is 5.75 Å². The maximum atomic E-state index is 11.8. The first-order valence-corrected chi connectivity index (χ1v) is 7.93. The number of hydrogen-bond acceptors (Lipinski definition) is 4. The van der Waals surface area contributed by atoms with Crippen molar-refractivity contribution in [1.82, 2.24) is 4.72 Å². The number of benzene rings is 1. The number of anilines is 1. The molecule has 5 nitrogen and oxygen atoms in total. The summed E-state index contributed by atoms with van der Waals surface area (Å²) in [4.78, 5) is 0.